The van der Waals surface area contributed by atoms with Crippen molar-refractivity contribution in [2.24, 2.45) is 0 Å². The summed E-state index contributed by atoms with van der Waals surface area (Å²) in [5.41, 5.74) is 2.31. The molecule has 0 aliphatic carbocycles. The summed E-state index contributed by atoms with van der Waals surface area (Å²) < 4.78 is 13.3. The molecule has 2 heteroatoms. The second-order valence-corrected chi connectivity index (χ2v) is 3.32. The van der Waals surface area contributed by atoms with Gasteiger partial charge in [-0.2, -0.15) is 0 Å². The van der Waals surface area contributed by atoms with Crippen molar-refractivity contribution in [1.82, 2.24) is 4.90 Å². The zero-order valence-corrected chi connectivity index (χ0v) is 8.26. The fraction of sp³-hybridized carbons (Fsp3) is 0.273. The summed E-state index contributed by atoms with van der Waals surface area (Å²) in [7, 11) is 3.70. The Morgan fingerprint density at radius 3 is 2.54 bits per heavy atom. The van der Waals surface area contributed by atoms with Gasteiger partial charge in [0.05, 0.1) is 0 Å². The van der Waals surface area contributed by atoms with Crippen LogP contribution in [0.5, 0.6) is 0 Å². The zero-order valence-electron chi connectivity index (χ0n) is 8.26. The molecule has 0 spiro atoms. The Kier molecular flexibility index (Phi) is 2.71. The van der Waals surface area contributed by atoms with Crippen molar-refractivity contribution >= 4 is 5.70 Å². The Bertz CT molecular complexity index is 329. The minimum atomic E-state index is -0.218. The number of halogens is 1. The third-order valence-corrected chi connectivity index (χ3v) is 1.97. The highest BCUT2D eigenvalue weighted by Crippen LogP contribution is 2.19. The predicted molar refractivity (Wildman–Crippen MR) is 53.9 cm³/mol. The monoisotopic (exact) mass is 179 g/mol. The van der Waals surface area contributed by atoms with Gasteiger partial charge >= 0.3 is 0 Å². The molecular formula is C11H14FN. The highest BCUT2D eigenvalue weighted by Gasteiger charge is 2.06. The molecule has 1 rings (SSSR count). The summed E-state index contributed by atoms with van der Waals surface area (Å²) in [6, 6.07) is 5.03. The van der Waals surface area contributed by atoms with Gasteiger partial charge in [0.15, 0.2) is 0 Å². The molecule has 1 aromatic rings. The van der Waals surface area contributed by atoms with Crippen LogP contribution in [-0.4, -0.2) is 19.0 Å². The predicted octanol–water partition coefficient (Wildman–Crippen LogP) is 2.67. The Balaban J connectivity index is 3.13. The maximum Gasteiger partial charge on any atom is 0.132 e. The Morgan fingerprint density at radius 1 is 1.38 bits per heavy atom. The molecule has 0 N–H and O–H groups in total. The number of benzene rings is 1. The second-order valence-electron chi connectivity index (χ2n) is 3.32. The topological polar surface area (TPSA) is 3.24 Å². The molecule has 0 unspecified atom stereocenters. The molecule has 13 heavy (non-hydrogen) atoms. The Labute approximate surface area is 78.5 Å². The van der Waals surface area contributed by atoms with Crippen LogP contribution < -0.4 is 0 Å². The molecule has 0 atom stereocenters. The molecule has 0 saturated heterocycles. The van der Waals surface area contributed by atoms with Crippen molar-refractivity contribution in [3.05, 3.63) is 41.7 Å². The van der Waals surface area contributed by atoms with Crippen LogP contribution >= 0.6 is 0 Å². The van der Waals surface area contributed by atoms with Gasteiger partial charge in [-0.05, 0) is 19.1 Å². The van der Waals surface area contributed by atoms with E-state index in [2.05, 4.69) is 6.58 Å². The van der Waals surface area contributed by atoms with Crippen LogP contribution in [0.15, 0.2) is 24.8 Å². The Morgan fingerprint density at radius 2 is 2.00 bits per heavy atom. The van der Waals surface area contributed by atoms with E-state index < -0.39 is 0 Å². The molecule has 0 heterocycles. The first kappa shape index (κ1) is 9.78. The van der Waals surface area contributed by atoms with Crippen molar-refractivity contribution in [1.29, 1.82) is 0 Å². The zero-order chi connectivity index (χ0) is 10.0. The molecule has 0 radical (unpaired) electrons. The molecule has 0 fully saturated rings. The van der Waals surface area contributed by atoms with E-state index in [-0.39, 0.29) is 5.82 Å². The lowest BCUT2D eigenvalue weighted by Gasteiger charge is -2.16. The normalized spacial score (nSPS) is 9.85. The van der Waals surface area contributed by atoms with Crippen LogP contribution in [0.2, 0.25) is 0 Å². The lowest BCUT2D eigenvalue weighted by Crippen LogP contribution is -2.10. The van der Waals surface area contributed by atoms with Crippen LogP contribution in [0.4, 0.5) is 4.39 Å². The summed E-state index contributed by atoms with van der Waals surface area (Å²) in [5, 5.41) is 0. The second kappa shape index (κ2) is 3.60. The average Bonchev–Trinajstić information content (AvgIpc) is 2.08. The smallest absolute Gasteiger partial charge is 0.132 e. The largest absolute Gasteiger partial charge is 0.378 e. The molecule has 0 bridgehead atoms. The molecule has 0 aromatic heterocycles. The lowest BCUT2D eigenvalue weighted by molar-refractivity contribution is 0.573. The van der Waals surface area contributed by atoms with Gasteiger partial charge in [0.25, 0.3) is 0 Å². The highest BCUT2D eigenvalue weighted by atomic mass is 19.1. The summed E-state index contributed by atoms with van der Waals surface area (Å²) in [5.74, 6) is -0.218. The van der Waals surface area contributed by atoms with Crippen molar-refractivity contribution < 1.29 is 4.39 Å². The number of aryl methyl sites for hydroxylation is 1. The van der Waals surface area contributed by atoms with Crippen LogP contribution in [0.3, 0.4) is 0 Å². The van der Waals surface area contributed by atoms with Crippen LogP contribution in [0, 0.1) is 12.7 Å². The molecular weight excluding hydrogens is 165 g/mol. The van der Waals surface area contributed by atoms with E-state index in [0.717, 1.165) is 5.56 Å². The standard InChI is InChI=1S/C11H14FN/c1-8-5-6-11(12)10(7-8)9(2)13(3)4/h5-7H,2H2,1,3-4H3. The van der Waals surface area contributed by atoms with Gasteiger partial charge < -0.3 is 4.90 Å². The van der Waals surface area contributed by atoms with E-state index in [1.54, 1.807) is 17.0 Å². The quantitative estimate of drug-likeness (QED) is 0.674. The van der Waals surface area contributed by atoms with Gasteiger partial charge in [-0.1, -0.05) is 18.2 Å². The van der Waals surface area contributed by atoms with E-state index in [1.807, 2.05) is 21.0 Å². The first-order valence-corrected chi connectivity index (χ1v) is 4.15. The van der Waals surface area contributed by atoms with Gasteiger partial charge in [0, 0.05) is 25.4 Å². The molecule has 1 aromatic carbocycles. The number of nitrogens with zero attached hydrogens (tertiary/aromatic N) is 1. The van der Waals surface area contributed by atoms with E-state index >= 15 is 0 Å². The highest BCUT2D eigenvalue weighted by molar-refractivity contribution is 5.62. The lowest BCUT2D eigenvalue weighted by atomic mass is 10.1. The van der Waals surface area contributed by atoms with E-state index in [4.69, 9.17) is 0 Å². The van der Waals surface area contributed by atoms with Crippen molar-refractivity contribution in [3.8, 4) is 0 Å². The number of hydrogen-bond donors (Lipinski definition) is 0. The molecule has 70 valence electrons. The van der Waals surface area contributed by atoms with Crippen molar-refractivity contribution in [2.45, 2.75) is 6.92 Å². The number of hydrogen-bond acceptors (Lipinski definition) is 1. The van der Waals surface area contributed by atoms with E-state index in [1.165, 1.54) is 6.07 Å². The van der Waals surface area contributed by atoms with Gasteiger partial charge in [0.1, 0.15) is 5.82 Å². The summed E-state index contributed by atoms with van der Waals surface area (Å²) in [6.45, 7) is 5.75. The first-order valence-electron chi connectivity index (χ1n) is 4.15. The first-order chi connectivity index (χ1) is 6.02. The summed E-state index contributed by atoms with van der Waals surface area (Å²) in [6.07, 6.45) is 0. The minimum absolute atomic E-state index is 0.218. The van der Waals surface area contributed by atoms with E-state index in [9.17, 15) is 4.39 Å². The summed E-state index contributed by atoms with van der Waals surface area (Å²) in [4.78, 5) is 1.80. The third-order valence-electron chi connectivity index (χ3n) is 1.97. The van der Waals surface area contributed by atoms with Crippen LogP contribution in [0.25, 0.3) is 5.70 Å². The van der Waals surface area contributed by atoms with Gasteiger partial charge in [-0.3, -0.25) is 0 Å². The van der Waals surface area contributed by atoms with Crippen LogP contribution in [0.1, 0.15) is 11.1 Å². The Hall–Kier alpha value is -1.31. The van der Waals surface area contributed by atoms with E-state index in [0.29, 0.717) is 11.3 Å². The molecule has 0 aliphatic rings. The number of rotatable bonds is 2. The van der Waals surface area contributed by atoms with Gasteiger partial charge in [-0.25, -0.2) is 4.39 Å². The molecule has 0 saturated carbocycles. The fourth-order valence-corrected chi connectivity index (χ4v) is 1.10. The average molecular weight is 179 g/mol. The molecule has 1 nitrogen and oxygen atoms in total. The molecule has 0 aliphatic heterocycles. The maximum atomic E-state index is 13.3. The van der Waals surface area contributed by atoms with Crippen molar-refractivity contribution in [3.63, 3.8) is 0 Å². The fourth-order valence-electron chi connectivity index (χ4n) is 1.10. The van der Waals surface area contributed by atoms with Crippen LogP contribution in [-0.2, 0) is 0 Å². The van der Waals surface area contributed by atoms with Gasteiger partial charge in [0.2, 0.25) is 0 Å². The van der Waals surface area contributed by atoms with Gasteiger partial charge in [-0.15, -0.1) is 0 Å². The third kappa shape index (κ3) is 2.08. The minimum Gasteiger partial charge on any atom is -0.378 e. The molecule has 0 amide bonds. The summed E-state index contributed by atoms with van der Waals surface area (Å²) >= 11 is 0. The SMILES string of the molecule is C=C(c1cc(C)ccc1F)N(C)C. The van der Waals surface area contributed by atoms with Crippen molar-refractivity contribution in [2.75, 3.05) is 14.1 Å². The maximum absolute atomic E-state index is 13.3.